The lowest BCUT2D eigenvalue weighted by molar-refractivity contribution is 0.0550. The normalized spacial score (nSPS) is 19.5. The fraction of sp³-hybridized carbons (Fsp3) is 0.481. The molecule has 4 N–H and O–H groups in total. The zero-order valence-electron chi connectivity index (χ0n) is 22.0. The van der Waals surface area contributed by atoms with Gasteiger partial charge >= 0.3 is 5.97 Å². The molecule has 4 heterocycles. The molecule has 9 nitrogen and oxygen atoms in total. The molecule has 3 aromatic rings. The van der Waals surface area contributed by atoms with Gasteiger partial charge in [0.1, 0.15) is 5.75 Å². The van der Waals surface area contributed by atoms with Crippen molar-refractivity contribution < 1.29 is 14.6 Å². The van der Waals surface area contributed by atoms with Gasteiger partial charge in [-0.25, -0.2) is 4.79 Å². The summed E-state index contributed by atoms with van der Waals surface area (Å²) in [5, 5.41) is 10.5. The van der Waals surface area contributed by atoms with Crippen molar-refractivity contribution in [3.63, 3.8) is 0 Å². The van der Waals surface area contributed by atoms with Crippen molar-refractivity contribution in [1.82, 2.24) is 19.2 Å². The Labute approximate surface area is 221 Å². The highest BCUT2D eigenvalue weighted by Gasteiger charge is 2.35. The topological polar surface area (TPSA) is 116 Å². The van der Waals surface area contributed by atoms with Gasteiger partial charge in [0.2, 0.25) is 0 Å². The summed E-state index contributed by atoms with van der Waals surface area (Å²) >= 11 is 6.35. The van der Waals surface area contributed by atoms with E-state index in [0.717, 1.165) is 41.9 Å². The summed E-state index contributed by atoms with van der Waals surface area (Å²) in [5.74, 6) is -0.465. The number of carbonyl (C=O) groups is 1. The van der Waals surface area contributed by atoms with Crippen LogP contribution in [0.2, 0.25) is 5.02 Å². The number of carboxylic acids is 1. The van der Waals surface area contributed by atoms with Crippen LogP contribution in [0.25, 0.3) is 5.52 Å². The van der Waals surface area contributed by atoms with Crippen LogP contribution in [0.3, 0.4) is 0 Å². The summed E-state index contributed by atoms with van der Waals surface area (Å²) in [7, 11) is 5.72. The van der Waals surface area contributed by atoms with E-state index >= 15 is 0 Å². The summed E-state index contributed by atoms with van der Waals surface area (Å²) in [4.78, 5) is 32.4. The van der Waals surface area contributed by atoms with Crippen molar-refractivity contribution in [2.75, 3.05) is 27.7 Å². The summed E-state index contributed by atoms with van der Waals surface area (Å²) in [6.07, 6.45) is 4.33. The molecule has 4 rings (SSSR count). The first kappa shape index (κ1) is 27.2. The maximum absolute atomic E-state index is 12.7. The lowest BCUT2D eigenvalue weighted by Crippen LogP contribution is -2.50. The minimum atomic E-state index is -0.960. The van der Waals surface area contributed by atoms with Crippen molar-refractivity contribution in [3.8, 4) is 5.75 Å². The van der Waals surface area contributed by atoms with Crippen molar-refractivity contribution >= 4 is 23.1 Å². The number of nitrogens with one attached hydrogen (secondary N) is 1. The van der Waals surface area contributed by atoms with Gasteiger partial charge in [0.05, 0.1) is 23.3 Å². The highest BCUT2D eigenvalue weighted by Crippen LogP contribution is 2.35. The van der Waals surface area contributed by atoms with Gasteiger partial charge in [-0.3, -0.25) is 9.69 Å². The Bertz CT molecular complexity index is 1370. The zero-order chi connectivity index (χ0) is 27.0. The van der Waals surface area contributed by atoms with Crippen LogP contribution in [-0.4, -0.2) is 70.1 Å². The van der Waals surface area contributed by atoms with Gasteiger partial charge in [-0.1, -0.05) is 11.6 Å². The number of likely N-dealkylation sites (tertiary alicyclic amines) is 1. The molecular formula is C27H36ClN5O4. The second-order valence-electron chi connectivity index (χ2n) is 10.1. The number of methoxy groups -OCH3 is 1. The predicted molar refractivity (Wildman–Crippen MR) is 145 cm³/mol. The van der Waals surface area contributed by atoms with E-state index in [2.05, 4.69) is 35.8 Å². The quantitative estimate of drug-likeness (QED) is 0.409. The third-order valence-corrected chi connectivity index (χ3v) is 7.98. The number of halogens is 1. The molecule has 10 heteroatoms. The Morgan fingerprint density at radius 1 is 1.35 bits per heavy atom. The average molecular weight is 530 g/mol. The number of carboxylic acid groups (broad SMARTS) is 1. The van der Waals surface area contributed by atoms with Gasteiger partial charge in [0, 0.05) is 66.8 Å². The summed E-state index contributed by atoms with van der Waals surface area (Å²) < 4.78 is 7.46. The smallest absolute Gasteiger partial charge is 0.336 e. The maximum atomic E-state index is 12.7. The number of pyridine rings is 2. The summed E-state index contributed by atoms with van der Waals surface area (Å²) in [6, 6.07) is 5.70. The minimum Gasteiger partial charge on any atom is -0.496 e. The largest absolute Gasteiger partial charge is 0.496 e. The lowest BCUT2D eigenvalue weighted by atomic mass is 9.90. The number of ether oxygens (including phenoxy) is 1. The molecule has 0 aromatic carbocycles. The molecule has 1 aliphatic heterocycles. The van der Waals surface area contributed by atoms with Gasteiger partial charge in [-0.2, -0.15) is 0 Å². The molecule has 0 saturated carbocycles. The first-order valence-electron chi connectivity index (χ1n) is 12.5. The van der Waals surface area contributed by atoms with Crippen LogP contribution < -0.4 is 16.0 Å². The van der Waals surface area contributed by atoms with Crippen LogP contribution >= 0.6 is 11.6 Å². The van der Waals surface area contributed by atoms with Crippen LogP contribution in [0.15, 0.2) is 29.2 Å². The molecule has 200 valence electrons. The second kappa shape index (κ2) is 10.9. The van der Waals surface area contributed by atoms with Gasteiger partial charge in [-0.05, 0) is 58.5 Å². The molecule has 3 unspecified atom stereocenters. The van der Waals surface area contributed by atoms with E-state index in [0.29, 0.717) is 28.8 Å². The summed E-state index contributed by atoms with van der Waals surface area (Å²) in [5.41, 5.74) is 9.39. The lowest BCUT2D eigenvalue weighted by Gasteiger charge is -2.45. The third-order valence-electron chi connectivity index (χ3n) is 7.77. The molecule has 1 fully saturated rings. The number of fused-ring (bicyclic) bond motifs is 1. The van der Waals surface area contributed by atoms with Crippen LogP contribution in [0.5, 0.6) is 5.75 Å². The van der Waals surface area contributed by atoms with Crippen molar-refractivity contribution in [2.45, 2.75) is 57.8 Å². The van der Waals surface area contributed by atoms with Crippen LogP contribution in [0.1, 0.15) is 58.7 Å². The van der Waals surface area contributed by atoms with Gasteiger partial charge < -0.3 is 29.9 Å². The Balaban J connectivity index is 1.77. The van der Waals surface area contributed by atoms with Crippen LogP contribution in [0.4, 0.5) is 0 Å². The van der Waals surface area contributed by atoms with E-state index in [1.54, 1.807) is 19.2 Å². The molecule has 1 saturated heterocycles. The third kappa shape index (κ3) is 5.27. The second-order valence-corrected chi connectivity index (χ2v) is 10.6. The number of nitrogens with two attached hydrogens (primary N) is 1. The number of hydrogen-bond donors (Lipinski definition) is 3. The Morgan fingerprint density at radius 2 is 2.08 bits per heavy atom. The van der Waals surface area contributed by atoms with Crippen molar-refractivity contribution in [1.29, 1.82) is 0 Å². The first-order valence-corrected chi connectivity index (χ1v) is 12.9. The van der Waals surface area contributed by atoms with E-state index in [1.165, 1.54) is 0 Å². The van der Waals surface area contributed by atoms with E-state index in [1.807, 2.05) is 23.6 Å². The number of aromatic amines is 1. The molecule has 0 radical (unpaired) electrons. The fourth-order valence-corrected chi connectivity index (χ4v) is 6.03. The number of nitrogens with zero attached hydrogens (tertiary/aromatic N) is 3. The van der Waals surface area contributed by atoms with Gasteiger partial charge in [0.25, 0.3) is 5.56 Å². The van der Waals surface area contributed by atoms with E-state index in [-0.39, 0.29) is 29.8 Å². The molecule has 37 heavy (non-hydrogen) atoms. The Hall–Kier alpha value is -2.85. The van der Waals surface area contributed by atoms with Crippen LogP contribution in [-0.2, 0) is 13.0 Å². The maximum Gasteiger partial charge on any atom is 0.336 e. The SMILES string of the molecule is COc1cc(CC2CC(N(C)C)CCN2C(C)c2c(C)c(C(=O)O)cc3cc(Cl)cn23)[nH]c(=O)c1CN. The number of aromatic nitrogens is 2. The monoisotopic (exact) mass is 529 g/mol. The molecule has 0 spiro atoms. The number of piperidine rings is 1. The molecular weight excluding hydrogens is 494 g/mol. The highest BCUT2D eigenvalue weighted by molar-refractivity contribution is 6.31. The first-order chi connectivity index (χ1) is 17.5. The molecule has 3 aromatic heterocycles. The highest BCUT2D eigenvalue weighted by atomic mass is 35.5. The number of rotatable bonds is 8. The molecule has 1 aliphatic rings. The fourth-order valence-electron chi connectivity index (χ4n) is 5.82. The number of hydrogen-bond acceptors (Lipinski definition) is 6. The van der Waals surface area contributed by atoms with Crippen LogP contribution in [0, 0.1) is 6.92 Å². The molecule has 3 atom stereocenters. The van der Waals surface area contributed by atoms with Crippen molar-refractivity contribution in [2.24, 2.45) is 5.73 Å². The van der Waals surface area contributed by atoms with Gasteiger partial charge in [-0.15, -0.1) is 0 Å². The summed E-state index contributed by atoms with van der Waals surface area (Å²) in [6.45, 7) is 4.90. The standard InChI is InChI=1S/C27H36ClN5O4/c1-15-22(27(35)36)12-20-8-17(28)14-33(20)25(15)16(2)32-7-6-19(31(3)4)11-21(32)9-18-10-24(37-5)23(13-29)26(34)30-18/h8,10,12,14,16,19,21H,6-7,9,11,13,29H2,1-5H3,(H,30,34)(H,35,36). The zero-order valence-corrected chi connectivity index (χ0v) is 22.8. The number of H-pyrrole nitrogens is 1. The minimum absolute atomic E-state index is 0.0919. The Morgan fingerprint density at radius 3 is 2.70 bits per heavy atom. The predicted octanol–water partition coefficient (Wildman–Crippen LogP) is 3.45. The van der Waals surface area contributed by atoms with Crippen molar-refractivity contribution in [3.05, 3.63) is 67.9 Å². The van der Waals surface area contributed by atoms with E-state index in [9.17, 15) is 14.7 Å². The van der Waals surface area contributed by atoms with Gasteiger partial charge in [0.15, 0.2) is 0 Å². The number of aromatic carboxylic acids is 1. The van der Waals surface area contributed by atoms with E-state index < -0.39 is 5.97 Å². The Kier molecular flexibility index (Phi) is 7.99. The average Bonchev–Trinajstić information content (AvgIpc) is 3.22. The molecule has 0 aliphatic carbocycles. The molecule has 0 amide bonds. The van der Waals surface area contributed by atoms with E-state index in [4.69, 9.17) is 22.1 Å². The molecule has 0 bridgehead atoms.